The average molecular weight is 218 g/mol. The molecule has 0 aromatic heterocycles. The Bertz CT molecular complexity index is 373. The summed E-state index contributed by atoms with van der Waals surface area (Å²) in [4.78, 5) is 2.27. The quantitative estimate of drug-likeness (QED) is 0.842. The summed E-state index contributed by atoms with van der Waals surface area (Å²) in [5.74, 6) is 0. The SMILES string of the molecule is CCCC1(N)c2ccccc2CC1N(C)C. The molecule has 2 atom stereocenters. The second-order valence-electron chi connectivity index (χ2n) is 5.13. The van der Waals surface area contributed by atoms with Gasteiger partial charge in [-0.3, -0.25) is 0 Å². The fourth-order valence-corrected chi connectivity index (χ4v) is 3.08. The fourth-order valence-electron chi connectivity index (χ4n) is 3.08. The molecule has 0 heterocycles. The second kappa shape index (κ2) is 4.19. The third kappa shape index (κ3) is 1.66. The van der Waals surface area contributed by atoms with Crippen molar-refractivity contribution < 1.29 is 0 Å². The van der Waals surface area contributed by atoms with E-state index in [0.717, 1.165) is 19.3 Å². The largest absolute Gasteiger partial charge is 0.320 e. The molecule has 1 aromatic rings. The zero-order valence-corrected chi connectivity index (χ0v) is 10.5. The number of likely N-dealkylation sites (N-methyl/N-ethyl adjacent to an activating group) is 1. The van der Waals surface area contributed by atoms with Crippen molar-refractivity contribution in [1.82, 2.24) is 4.90 Å². The molecule has 2 N–H and O–H groups in total. The van der Waals surface area contributed by atoms with Crippen LogP contribution in [0.25, 0.3) is 0 Å². The Balaban J connectivity index is 2.43. The van der Waals surface area contributed by atoms with Crippen LogP contribution in [0.3, 0.4) is 0 Å². The van der Waals surface area contributed by atoms with Gasteiger partial charge in [0.15, 0.2) is 0 Å². The Kier molecular flexibility index (Phi) is 3.04. The number of nitrogens with zero attached hydrogens (tertiary/aromatic N) is 1. The first-order chi connectivity index (χ1) is 7.59. The summed E-state index contributed by atoms with van der Waals surface area (Å²) in [5.41, 5.74) is 9.31. The van der Waals surface area contributed by atoms with Gasteiger partial charge in [-0.25, -0.2) is 0 Å². The van der Waals surface area contributed by atoms with Crippen molar-refractivity contribution in [2.24, 2.45) is 5.73 Å². The van der Waals surface area contributed by atoms with Crippen molar-refractivity contribution in [3.05, 3.63) is 35.4 Å². The summed E-state index contributed by atoms with van der Waals surface area (Å²) < 4.78 is 0. The Morgan fingerprint density at radius 2 is 2.06 bits per heavy atom. The minimum atomic E-state index is -0.158. The molecular formula is C14H22N2. The lowest BCUT2D eigenvalue weighted by Crippen LogP contribution is -2.51. The van der Waals surface area contributed by atoms with Crippen molar-refractivity contribution in [2.45, 2.75) is 37.8 Å². The molecule has 2 rings (SSSR count). The lowest BCUT2D eigenvalue weighted by atomic mass is 9.84. The van der Waals surface area contributed by atoms with Crippen LogP contribution in [0.4, 0.5) is 0 Å². The van der Waals surface area contributed by atoms with Crippen LogP contribution >= 0.6 is 0 Å². The van der Waals surface area contributed by atoms with E-state index in [-0.39, 0.29) is 5.54 Å². The van der Waals surface area contributed by atoms with E-state index in [2.05, 4.69) is 50.2 Å². The number of rotatable bonds is 3. The van der Waals surface area contributed by atoms with E-state index in [1.54, 1.807) is 0 Å². The molecule has 2 unspecified atom stereocenters. The van der Waals surface area contributed by atoms with Crippen LogP contribution < -0.4 is 5.73 Å². The van der Waals surface area contributed by atoms with Crippen LogP contribution in [0.15, 0.2) is 24.3 Å². The van der Waals surface area contributed by atoms with Crippen LogP contribution in [0.1, 0.15) is 30.9 Å². The normalized spacial score (nSPS) is 28.4. The molecule has 1 aliphatic rings. The molecule has 0 saturated carbocycles. The molecule has 0 amide bonds. The minimum absolute atomic E-state index is 0.158. The third-order valence-electron chi connectivity index (χ3n) is 3.81. The van der Waals surface area contributed by atoms with Gasteiger partial charge in [-0.1, -0.05) is 37.6 Å². The van der Waals surface area contributed by atoms with E-state index in [9.17, 15) is 0 Å². The summed E-state index contributed by atoms with van der Waals surface area (Å²) in [5, 5.41) is 0. The van der Waals surface area contributed by atoms with Crippen LogP contribution in [-0.2, 0) is 12.0 Å². The molecule has 2 heteroatoms. The molecule has 0 aliphatic heterocycles. The highest BCUT2D eigenvalue weighted by molar-refractivity contribution is 5.41. The van der Waals surface area contributed by atoms with E-state index in [1.165, 1.54) is 11.1 Å². The highest BCUT2D eigenvalue weighted by Crippen LogP contribution is 2.40. The Morgan fingerprint density at radius 3 is 2.69 bits per heavy atom. The number of hydrogen-bond acceptors (Lipinski definition) is 2. The summed E-state index contributed by atoms with van der Waals surface area (Å²) >= 11 is 0. The molecule has 2 nitrogen and oxygen atoms in total. The third-order valence-corrected chi connectivity index (χ3v) is 3.81. The van der Waals surface area contributed by atoms with Crippen molar-refractivity contribution in [3.8, 4) is 0 Å². The maximum absolute atomic E-state index is 6.68. The highest BCUT2D eigenvalue weighted by Gasteiger charge is 2.43. The van der Waals surface area contributed by atoms with E-state index in [4.69, 9.17) is 5.73 Å². The molecule has 0 saturated heterocycles. The van der Waals surface area contributed by atoms with Crippen LogP contribution in [0, 0.1) is 0 Å². The van der Waals surface area contributed by atoms with Crippen LogP contribution in [-0.4, -0.2) is 25.0 Å². The van der Waals surface area contributed by atoms with Crippen LogP contribution in [0.5, 0.6) is 0 Å². The first-order valence-corrected chi connectivity index (χ1v) is 6.13. The molecule has 1 aliphatic carbocycles. The monoisotopic (exact) mass is 218 g/mol. The van der Waals surface area contributed by atoms with Gasteiger partial charge in [0.2, 0.25) is 0 Å². The maximum atomic E-state index is 6.68. The van der Waals surface area contributed by atoms with E-state index >= 15 is 0 Å². The van der Waals surface area contributed by atoms with Crippen molar-refractivity contribution in [3.63, 3.8) is 0 Å². The zero-order valence-electron chi connectivity index (χ0n) is 10.5. The smallest absolute Gasteiger partial charge is 0.0572 e. The average Bonchev–Trinajstić information content (AvgIpc) is 2.54. The molecular weight excluding hydrogens is 196 g/mol. The molecule has 0 bridgehead atoms. The van der Waals surface area contributed by atoms with Crippen LogP contribution in [0.2, 0.25) is 0 Å². The first-order valence-electron chi connectivity index (χ1n) is 6.13. The predicted molar refractivity (Wildman–Crippen MR) is 68.4 cm³/mol. The van der Waals surface area contributed by atoms with Crippen molar-refractivity contribution >= 4 is 0 Å². The minimum Gasteiger partial charge on any atom is -0.320 e. The predicted octanol–water partition coefficient (Wildman–Crippen LogP) is 2.13. The van der Waals surface area contributed by atoms with Gasteiger partial charge in [0.25, 0.3) is 0 Å². The van der Waals surface area contributed by atoms with Gasteiger partial charge in [0, 0.05) is 6.04 Å². The molecule has 88 valence electrons. The Hall–Kier alpha value is -0.860. The standard InChI is InChI=1S/C14H22N2/c1-4-9-14(15)12-8-6-5-7-11(12)10-13(14)16(2)3/h5-8,13H,4,9-10,15H2,1-3H3. The van der Waals surface area contributed by atoms with Crippen molar-refractivity contribution in [1.29, 1.82) is 0 Å². The lowest BCUT2D eigenvalue weighted by molar-refractivity contribution is 0.182. The van der Waals surface area contributed by atoms with E-state index in [1.807, 2.05) is 0 Å². The molecule has 0 spiro atoms. The number of nitrogens with two attached hydrogens (primary N) is 1. The van der Waals surface area contributed by atoms with E-state index < -0.39 is 0 Å². The van der Waals surface area contributed by atoms with Gasteiger partial charge in [0.1, 0.15) is 0 Å². The summed E-state index contributed by atoms with van der Waals surface area (Å²) in [7, 11) is 4.27. The van der Waals surface area contributed by atoms with E-state index in [0.29, 0.717) is 6.04 Å². The first kappa shape index (κ1) is 11.6. The fraction of sp³-hybridized carbons (Fsp3) is 0.571. The summed E-state index contributed by atoms with van der Waals surface area (Å²) in [6, 6.07) is 9.08. The van der Waals surface area contributed by atoms with Gasteiger partial charge in [-0.15, -0.1) is 0 Å². The van der Waals surface area contributed by atoms with Gasteiger partial charge >= 0.3 is 0 Å². The lowest BCUT2D eigenvalue weighted by Gasteiger charge is -2.36. The topological polar surface area (TPSA) is 29.3 Å². The summed E-state index contributed by atoms with van der Waals surface area (Å²) in [6.07, 6.45) is 3.28. The molecule has 0 fully saturated rings. The number of fused-ring (bicyclic) bond motifs is 1. The van der Waals surface area contributed by atoms with Crippen molar-refractivity contribution in [2.75, 3.05) is 14.1 Å². The number of hydrogen-bond donors (Lipinski definition) is 1. The Morgan fingerprint density at radius 1 is 1.38 bits per heavy atom. The molecule has 0 radical (unpaired) electrons. The summed E-state index contributed by atoms with van der Waals surface area (Å²) in [6.45, 7) is 2.21. The van der Waals surface area contributed by atoms with Gasteiger partial charge < -0.3 is 10.6 Å². The van der Waals surface area contributed by atoms with Gasteiger partial charge in [-0.05, 0) is 38.1 Å². The second-order valence-corrected chi connectivity index (χ2v) is 5.13. The number of benzene rings is 1. The zero-order chi connectivity index (χ0) is 11.8. The van der Waals surface area contributed by atoms with Gasteiger partial charge in [-0.2, -0.15) is 0 Å². The Labute approximate surface area is 98.4 Å². The maximum Gasteiger partial charge on any atom is 0.0572 e. The molecule has 16 heavy (non-hydrogen) atoms. The van der Waals surface area contributed by atoms with Gasteiger partial charge in [0.05, 0.1) is 5.54 Å². The highest BCUT2D eigenvalue weighted by atomic mass is 15.1. The molecule has 1 aromatic carbocycles.